The van der Waals surface area contributed by atoms with Crippen molar-refractivity contribution in [3.63, 3.8) is 0 Å². The van der Waals surface area contributed by atoms with E-state index in [4.69, 9.17) is 29.9 Å². The van der Waals surface area contributed by atoms with Crippen LogP contribution in [-0.4, -0.2) is 39.0 Å². The first-order valence-corrected chi connectivity index (χ1v) is 21.6. The maximum atomic E-state index is 5.19. The maximum Gasteiger partial charge on any atom is 0.238 e. The summed E-state index contributed by atoms with van der Waals surface area (Å²) in [6.07, 6.45) is 3.71. The molecule has 0 aliphatic rings. The van der Waals surface area contributed by atoms with Crippen molar-refractivity contribution in [3.8, 4) is 57.1 Å². The lowest BCUT2D eigenvalue weighted by Gasteiger charge is -2.11. The Bertz CT molecular complexity index is 3870. The summed E-state index contributed by atoms with van der Waals surface area (Å²) < 4.78 is 6.73. The molecule has 0 atom stereocenters. The number of nitrogens with zero attached hydrogens (tertiary/aromatic N) is 8. The second-order valence-electron chi connectivity index (χ2n) is 15.6. The van der Waals surface area contributed by atoms with E-state index in [9.17, 15) is 0 Å². The van der Waals surface area contributed by atoms with E-state index in [2.05, 4.69) is 118 Å². The third-order valence-corrected chi connectivity index (χ3v) is 13.1. The van der Waals surface area contributed by atoms with Crippen LogP contribution in [0.2, 0.25) is 0 Å². The summed E-state index contributed by atoms with van der Waals surface area (Å²) in [5, 5.41) is 5.64. The highest BCUT2D eigenvalue weighted by atomic mass is 32.1. The largest absolute Gasteiger partial charge is 0.278 e. The molecule has 7 aromatic carbocycles. The molecule has 0 N–H and O–H groups in total. The van der Waals surface area contributed by atoms with Crippen LogP contribution in [0, 0.1) is 0 Å². The SMILES string of the molecule is c1ccc(-c2nc(-c3ccccc3)nc(-n3c4ccccc4c4cc(-c5ccc6c(c5)c5ccccc5n6-c5nccc(-c6ccc7sc8cccnc8c7c6)n5)ccc43)n2)cc1. The predicted molar refractivity (Wildman–Crippen MR) is 257 cm³/mol. The van der Waals surface area contributed by atoms with Gasteiger partial charge in [0.15, 0.2) is 11.6 Å². The first-order chi connectivity index (χ1) is 31.2. The summed E-state index contributed by atoms with van der Waals surface area (Å²) in [5.41, 5.74) is 11.1. The summed E-state index contributed by atoms with van der Waals surface area (Å²) in [5.74, 6) is 2.44. The minimum absolute atomic E-state index is 0.569. The van der Waals surface area contributed by atoms with Crippen LogP contribution in [0.5, 0.6) is 0 Å². The van der Waals surface area contributed by atoms with Gasteiger partial charge in [0.25, 0.3) is 0 Å². The highest BCUT2D eigenvalue weighted by Gasteiger charge is 2.20. The van der Waals surface area contributed by atoms with E-state index in [1.165, 1.54) is 9.40 Å². The number of para-hydroxylation sites is 2. The van der Waals surface area contributed by atoms with E-state index in [0.29, 0.717) is 23.5 Å². The molecule has 0 amide bonds. The van der Waals surface area contributed by atoms with Crippen molar-refractivity contribution in [2.75, 3.05) is 0 Å². The van der Waals surface area contributed by atoms with Crippen LogP contribution >= 0.6 is 11.3 Å². The van der Waals surface area contributed by atoms with Crippen molar-refractivity contribution in [1.29, 1.82) is 0 Å². The smallest absolute Gasteiger partial charge is 0.238 e. The Hall–Kier alpha value is -8.40. The molecule has 9 heteroatoms. The Morgan fingerprint density at radius 2 is 0.889 bits per heavy atom. The molecule has 63 heavy (non-hydrogen) atoms. The van der Waals surface area contributed by atoms with E-state index in [1.807, 2.05) is 85.2 Å². The van der Waals surface area contributed by atoms with Crippen molar-refractivity contribution in [2.24, 2.45) is 0 Å². The zero-order valence-electron chi connectivity index (χ0n) is 33.5. The van der Waals surface area contributed by atoms with Gasteiger partial charge >= 0.3 is 0 Å². The summed E-state index contributed by atoms with van der Waals surface area (Å²) in [6, 6.07) is 63.2. The first-order valence-electron chi connectivity index (χ1n) is 20.8. The molecule has 0 unspecified atom stereocenters. The van der Waals surface area contributed by atoms with E-state index >= 15 is 0 Å². The number of hydrogen-bond donors (Lipinski definition) is 0. The number of benzene rings is 7. The summed E-state index contributed by atoms with van der Waals surface area (Å²) >= 11 is 1.76. The van der Waals surface area contributed by atoms with Crippen molar-refractivity contribution < 1.29 is 0 Å². The molecule has 13 rings (SSSR count). The number of rotatable bonds is 6. The molecule has 0 spiro atoms. The molecule has 13 aromatic rings. The van der Waals surface area contributed by atoms with Gasteiger partial charge in [-0.3, -0.25) is 14.1 Å². The fraction of sp³-hybridized carbons (Fsp3) is 0. The normalized spacial score (nSPS) is 11.8. The minimum atomic E-state index is 0.569. The molecule has 0 aliphatic heterocycles. The molecule has 0 saturated carbocycles. The van der Waals surface area contributed by atoms with Crippen LogP contribution in [0.15, 0.2) is 194 Å². The number of fused-ring (bicyclic) bond motifs is 9. The van der Waals surface area contributed by atoms with Crippen LogP contribution in [-0.2, 0) is 0 Å². The standard InChI is InChI=1S/C54H32N8S/c1-3-12-33(13-4-1)51-58-52(34-14-5-2-6-15-34)60-54(59-51)62-45-19-10-8-17-39(45)41-31-36(22-25-47(41)62)35-21-24-46-40(30-35)38-16-7-9-18-44(38)61(46)53-56-29-27-43(57-53)37-23-26-48-42(32-37)50-49(63-48)20-11-28-55-50/h1-32H. The van der Waals surface area contributed by atoms with E-state index in [1.54, 1.807) is 11.3 Å². The third-order valence-electron chi connectivity index (χ3n) is 11.9. The first kappa shape index (κ1) is 35.4. The predicted octanol–water partition coefficient (Wildman–Crippen LogP) is 13.3. The average Bonchev–Trinajstić information content (AvgIpc) is 4.01. The number of hydrogen-bond acceptors (Lipinski definition) is 7. The van der Waals surface area contributed by atoms with Gasteiger partial charge in [-0.15, -0.1) is 11.3 Å². The quantitative estimate of drug-likeness (QED) is 0.166. The topological polar surface area (TPSA) is 87.2 Å². The minimum Gasteiger partial charge on any atom is -0.278 e. The van der Waals surface area contributed by atoms with Gasteiger partial charge in [-0.2, -0.15) is 9.97 Å². The van der Waals surface area contributed by atoms with Gasteiger partial charge in [-0.05, 0) is 77.9 Å². The van der Waals surface area contributed by atoms with Gasteiger partial charge in [0.05, 0.1) is 38.0 Å². The molecule has 0 aliphatic carbocycles. The highest BCUT2D eigenvalue weighted by Crippen LogP contribution is 2.39. The average molecular weight is 825 g/mol. The summed E-state index contributed by atoms with van der Waals surface area (Å²) in [7, 11) is 0. The molecule has 0 fully saturated rings. The Morgan fingerprint density at radius 1 is 0.333 bits per heavy atom. The Morgan fingerprint density at radius 3 is 1.54 bits per heavy atom. The molecule has 6 heterocycles. The van der Waals surface area contributed by atoms with Gasteiger partial charge in [0.2, 0.25) is 11.9 Å². The monoisotopic (exact) mass is 824 g/mol. The number of pyridine rings is 1. The second-order valence-corrected chi connectivity index (χ2v) is 16.7. The van der Waals surface area contributed by atoms with Crippen molar-refractivity contribution in [3.05, 3.63) is 194 Å². The van der Waals surface area contributed by atoms with Crippen LogP contribution in [0.1, 0.15) is 0 Å². The maximum absolute atomic E-state index is 5.19. The van der Waals surface area contributed by atoms with Crippen molar-refractivity contribution in [2.45, 2.75) is 0 Å². The highest BCUT2D eigenvalue weighted by molar-refractivity contribution is 7.25. The zero-order chi connectivity index (χ0) is 41.4. The number of aromatic nitrogens is 8. The third kappa shape index (κ3) is 5.75. The molecule has 8 nitrogen and oxygen atoms in total. The molecular weight excluding hydrogens is 793 g/mol. The Labute approximate surface area is 364 Å². The number of thiophene rings is 1. The van der Waals surface area contributed by atoms with Crippen LogP contribution in [0.4, 0.5) is 0 Å². The van der Waals surface area contributed by atoms with Crippen LogP contribution in [0.25, 0.3) is 121 Å². The van der Waals surface area contributed by atoms with Crippen molar-refractivity contribution in [1.82, 2.24) is 39.0 Å². The molecule has 0 saturated heterocycles. The molecule has 0 bridgehead atoms. The summed E-state index contributed by atoms with van der Waals surface area (Å²) in [4.78, 5) is 29.9. The molecule has 0 radical (unpaired) electrons. The van der Waals surface area contributed by atoms with E-state index < -0.39 is 0 Å². The van der Waals surface area contributed by atoms with Crippen molar-refractivity contribution >= 4 is 75.3 Å². The molecular formula is C54H32N8S. The lowest BCUT2D eigenvalue weighted by atomic mass is 10.0. The van der Waals surface area contributed by atoms with Crippen LogP contribution < -0.4 is 0 Å². The van der Waals surface area contributed by atoms with Gasteiger partial charge in [0.1, 0.15) is 0 Å². The van der Waals surface area contributed by atoms with Gasteiger partial charge in [-0.1, -0.05) is 115 Å². The van der Waals surface area contributed by atoms with Crippen LogP contribution in [0.3, 0.4) is 0 Å². The summed E-state index contributed by atoms with van der Waals surface area (Å²) in [6.45, 7) is 0. The van der Waals surface area contributed by atoms with Gasteiger partial charge < -0.3 is 0 Å². The lowest BCUT2D eigenvalue weighted by molar-refractivity contribution is 0.953. The fourth-order valence-corrected chi connectivity index (χ4v) is 10.1. The second kappa shape index (κ2) is 14.1. The Kier molecular flexibility index (Phi) is 7.91. The van der Waals surface area contributed by atoms with Gasteiger partial charge in [0, 0.05) is 60.7 Å². The lowest BCUT2D eigenvalue weighted by Crippen LogP contribution is -2.06. The molecule has 294 valence electrons. The zero-order valence-corrected chi connectivity index (χ0v) is 34.3. The fourth-order valence-electron chi connectivity index (χ4n) is 9.01. The van der Waals surface area contributed by atoms with E-state index in [0.717, 1.165) is 88.0 Å². The van der Waals surface area contributed by atoms with Gasteiger partial charge in [-0.25, -0.2) is 15.0 Å². The molecule has 6 aromatic heterocycles. The van der Waals surface area contributed by atoms with E-state index in [-0.39, 0.29) is 0 Å². The Balaban J connectivity index is 0.938.